The Labute approximate surface area is 195 Å². The lowest BCUT2D eigenvalue weighted by molar-refractivity contribution is 0.0697. The Morgan fingerprint density at radius 3 is 2.74 bits per heavy atom. The van der Waals surface area contributed by atoms with Crippen molar-refractivity contribution in [2.24, 2.45) is 0 Å². The first kappa shape index (κ1) is 20.2. The highest BCUT2D eigenvalue weighted by atomic mass is 16.5. The molecule has 3 heterocycles. The lowest BCUT2D eigenvalue weighted by Gasteiger charge is -2.31. The number of aryl methyl sites for hydroxylation is 1. The molecule has 0 atom stereocenters. The van der Waals surface area contributed by atoms with Crippen LogP contribution in [0.15, 0.2) is 71.1 Å². The number of carbonyl (C=O) groups is 1. The third kappa shape index (κ3) is 3.33. The zero-order chi connectivity index (χ0) is 23.2. The van der Waals surface area contributed by atoms with Crippen LogP contribution in [-0.4, -0.2) is 34.7 Å². The van der Waals surface area contributed by atoms with E-state index < -0.39 is 5.97 Å². The van der Waals surface area contributed by atoms with Gasteiger partial charge in [-0.25, -0.2) is 14.8 Å². The minimum Gasteiger partial charge on any atom is -0.497 e. The van der Waals surface area contributed by atoms with Gasteiger partial charge in [0.05, 0.1) is 23.7 Å². The number of fused-ring (bicyclic) bond motifs is 3. The van der Waals surface area contributed by atoms with Gasteiger partial charge < -0.3 is 19.2 Å². The first-order valence-corrected chi connectivity index (χ1v) is 11.1. The normalized spacial score (nSPS) is 13.3. The molecule has 1 aliphatic heterocycles. The van der Waals surface area contributed by atoms with E-state index in [2.05, 4.69) is 11.0 Å². The minimum absolute atomic E-state index is 0.171. The number of hydrogen-bond donors (Lipinski definition) is 1. The molecule has 0 spiro atoms. The predicted molar refractivity (Wildman–Crippen MR) is 130 cm³/mol. The molecule has 0 saturated carbocycles. The monoisotopic (exact) mass is 451 g/mol. The number of furan rings is 1. The molecule has 1 N–H and O–H groups in total. The van der Waals surface area contributed by atoms with Crippen LogP contribution >= 0.6 is 0 Å². The molecule has 168 valence electrons. The van der Waals surface area contributed by atoms with Gasteiger partial charge in [0.2, 0.25) is 0 Å². The highest BCUT2D eigenvalue weighted by Crippen LogP contribution is 2.41. The molecule has 0 amide bonds. The number of para-hydroxylation sites is 1. The van der Waals surface area contributed by atoms with Gasteiger partial charge in [0.15, 0.2) is 11.6 Å². The summed E-state index contributed by atoms with van der Waals surface area (Å²) in [6.45, 7) is 0.742. The van der Waals surface area contributed by atoms with Crippen LogP contribution in [0.3, 0.4) is 0 Å². The van der Waals surface area contributed by atoms with Crippen LogP contribution in [0.1, 0.15) is 22.3 Å². The van der Waals surface area contributed by atoms with Crippen LogP contribution in [0.2, 0.25) is 0 Å². The number of anilines is 2. The van der Waals surface area contributed by atoms with Gasteiger partial charge in [-0.15, -0.1) is 0 Å². The van der Waals surface area contributed by atoms with Gasteiger partial charge in [-0.05, 0) is 54.8 Å². The number of nitrogens with zero attached hydrogens (tertiary/aromatic N) is 3. The molecule has 34 heavy (non-hydrogen) atoms. The molecule has 0 bridgehead atoms. The van der Waals surface area contributed by atoms with E-state index >= 15 is 0 Å². The summed E-state index contributed by atoms with van der Waals surface area (Å²) in [5, 5.41) is 10.5. The fraction of sp³-hybridized carbons (Fsp3) is 0.148. The molecule has 0 unspecified atom stereocenters. The van der Waals surface area contributed by atoms with Crippen molar-refractivity contribution < 1.29 is 19.1 Å². The second-order valence-electron chi connectivity index (χ2n) is 8.30. The number of carboxylic acid groups (broad SMARTS) is 1. The van der Waals surface area contributed by atoms with Crippen molar-refractivity contribution in [3.63, 3.8) is 0 Å². The number of benzene rings is 3. The van der Waals surface area contributed by atoms with Crippen molar-refractivity contribution in [1.82, 2.24) is 9.97 Å². The number of aromatic carboxylic acids is 1. The summed E-state index contributed by atoms with van der Waals surface area (Å²) in [5.74, 6) is 1.00. The topological polar surface area (TPSA) is 88.7 Å². The Kier molecular flexibility index (Phi) is 4.69. The minimum atomic E-state index is -1.00. The average Bonchev–Trinajstić information content (AvgIpc) is 3.31. The van der Waals surface area contributed by atoms with Crippen molar-refractivity contribution in [3.05, 3.63) is 77.9 Å². The maximum atomic E-state index is 11.6. The molecule has 2 aromatic heterocycles. The van der Waals surface area contributed by atoms with Gasteiger partial charge in [-0.3, -0.25) is 0 Å². The molecule has 7 nitrogen and oxygen atoms in total. The standard InChI is InChI=1S/C27H21N3O4/c1-33-19-10-8-16-6-4-12-30(22(16)15-19)26-25(24-14-17-5-2-3-7-23(17)34-24)28-20-11-9-18(27(31)32)13-21(20)29-26/h2-3,5,7-11,13-15H,4,6,12H2,1H3,(H,31,32). The summed E-state index contributed by atoms with van der Waals surface area (Å²) in [5.41, 5.74) is 4.88. The number of hydrogen-bond acceptors (Lipinski definition) is 6. The summed E-state index contributed by atoms with van der Waals surface area (Å²) < 4.78 is 11.7. The van der Waals surface area contributed by atoms with Gasteiger partial charge in [-0.2, -0.15) is 0 Å². The molecule has 0 radical (unpaired) electrons. The van der Waals surface area contributed by atoms with Crippen LogP contribution in [0, 0.1) is 0 Å². The third-order valence-corrected chi connectivity index (χ3v) is 6.22. The van der Waals surface area contributed by atoms with Gasteiger partial charge in [0, 0.05) is 23.7 Å². The van der Waals surface area contributed by atoms with E-state index in [0.717, 1.165) is 41.8 Å². The van der Waals surface area contributed by atoms with E-state index in [1.165, 1.54) is 5.56 Å². The first-order chi connectivity index (χ1) is 16.6. The molecule has 0 saturated heterocycles. The Bertz CT molecular complexity index is 1540. The summed E-state index contributed by atoms with van der Waals surface area (Å²) in [6, 6.07) is 20.6. The lowest BCUT2D eigenvalue weighted by Crippen LogP contribution is -2.26. The largest absolute Gasteiger partial charge is 0.497 e. The van der Waals surface area contributed by atoms with Crippen molar-refractivity contribution >= 4 is 39.5 Å². The van der Waals surface area contributed by atoms with Crippen LogP contribution < -0.4 is 9.64 Å². The fourth-order valence-corrected chi connectivity index (χ4v) is 4.53. The number of methoxy groups -OCH3 is 1. The van der Waals surface area contributed by atoms with E-state index in [9.17, 15) is 9.90 Å². The third-order valence-electron chi connectivity index (χ3n) is 6.22. The van der Waals surface area contributed by atoms with Crippen LogP contribution in [-0.2, 0) is 6.42 Å². The Morgan fingerprint density at radius 2 is 1.91 bits per heavy atom. The fourth-order valence-electron chi connectivity index (χ4n) is 4.53. The highest BCUT2D eigenvalue weighted by molar-refractivity contribution is 5.94. The van der Waals surface area contributed by atoms with Crippen molar-refractivity contribution in [2.75, 3.05) is 18.6 Å². The molecule has 5 aromatic rings. The maximum absolute atomic E-state index is 11.6. The van der Waals surface area contributed by atoms with E-state index in [4.69, 9.17) is 19.1 Å². The molecule has 7 heteroatoms. The number of carboxylic acids is 1. The highest BCUT2D eigenvalue weighted by Gasteiger charge is 2.26. The average molecular weight is 451 g/mol. The quantitative estimate of drug-likeness (QED) is 0.367. The Balaban J connectivity index is 1.61. The molecule has 0 fully saturated rings. The SMILES string of the molecule is COc1ccc2c(c1)N(c1nc3cc(C(=O)O)ccc3nc1-c1cc3ccccc3o1)CCC2. The molecule has 0 aliphatic carbocycles. The van der Waals surface area contributed by atoms with Crippen LogP contribution in [0.5, 0.6) is 5.75 Å². The van der Waals surface area contributed by atoms with Gasteiger partial charge >= 0.3 is 5.97 Å². The summed E-state index contributed by atoms with van der Waals surface area (Å²) in [4.78, 5) is 23.5. The van der Waals surface area contributed by atoms with Gasteiger partial charge in [0.1, 0.15) is 17.0 Å². The maximum Gasteiger partial charge on any atom is 0.335 e. The van der Waals surface area contributed by atoms with E-state index in [1.54, 1.807) is 25.3 Å². The van der Waals surface area contributed by atoms with Gasteiger partial charge in [0.25, 0.3) is 0 Å². The summed E-state index contributed by atoms with van der Waals surface area (Å²) in [6.07, 6.45) is 1.91. The Hall–Kier alpha value is -4.39. The van der Waals surface area contributed by atoms with Crippen LogP contribution in [0.25, 0.3) is 33.5 Å². The number of ether oxygens (including phenoxy) is 1. The van der Waals surface area contributed by atoms with Crippen LogP contribution in [0.4, 0.5) is 11.5 Å². The van der Waals surface area contributed by atoms with Crippen molar-refractivity contribution in [3.8, 4) is 17.2 Å². The predicted octanol–water partition coefficient (Wildman–Crippen LogP) is 5.83. The molecule has 3 aromatic carbocycles. The van der Waals surface area contributed by atoms with Crippen molar-refractivity contribution in [2.45, 2.75) is 12.8 Å². The second kappa shape index (κ2) is 7.88. The van der Waals surface area contributed by atoms with E-state index in [1.807, 2.05) is 42.5 Å². The lowest BCUT2D eigenvalue weighted by atomic mass is 10.0. The molecule has 1 aliphatic rings. The summed E-state index contributed by atoms with van der Waals surface area (Å²) in [7, 11) is 1.65. The molecular formula is C27H21N3O4. The van der Waals surface area contributed by atoms with E-state index in [0.29, 0.717) is 28.3 Å². The second-order valence-corrected chi connectivity index (χ2v) is 8.30. The van der Waals surface area contributed by atoms with E-state index in [-0.39, 0.29) is 5.56 Å². The van der Waals surface area contributed by atoms with Gasteiger partial charge in [-0.1, -0.05) is 24.3 Å². The Morgan fingerprint density at radius 1 is 1.03 bits per heavy atom. The smallest absolute Gasteiger partial charge is 0.335 e. The zero-order valence-corrected chi connectivity index (χ0v) is 18.5. The molecular weight excluding hydrogens is 430 g/mol. The molecule has 6 rings (SSSR count). The zero-order valence-electron chi connectivity index (χ0n) is 18.5. The number of aromatic nitrogens is 2. The summed E-state index contributed by atoms with van der Waals surface area (Å²) >= 11 is 0. The number of rotatable bonds is 4. The van der Waals surface area contributed by atoms with Crippen molar-refractivity contribution in [1.29, 1.82) is 0 Å². The first-order valence-electron chi connectivity index (χ1n) is 11.1.